The standard InChI is InChI=1S/C15H21ClN2O2S/c1-5-10-13(19)17-15(4,6-2)14(20)18(10)9(3)11-7-8-12(16)21-11/h7-10H,5-6H2,1-4H3,(H,17,19). The highest BCUT2D eigenvalue weighted by molar-refractivity contribution is 7.16. The fourth-order valence-electron chi connectivity index (χ4n) is 2.72. The van der Waals surface area contributed by atoms with Crippen molar-refractivity contribution in [1.29, 1.82) is 0 Å². The van der Waals surface area contributed by atoms with Crippen LogP contribution in [0.4, 0.5) is 0 Å². The molecule has 0 saturated carbocycles. The quantitative estimate of drug-likeness (QED) is 0.921. The lowest BCUT2D eigenvalue weighted by Crippen LogP contribution is -2.69. The molecule has 2 amide bonds. The van der Waals surface area contributed by atoms with Crippen molar-refractivity contribution >= 4 is 34.8 Å². The van der Waals surface area contributed by atoms with E-state index in [4.69, 9.17) is 11.6 Å². The van der Waals surface area contributed by atoms with E-state index < -0.39 is 11.6 Å². The number of hydrogen-bond donors (Lipinski definition) is 1. The van der Waals surface area contributed by atoms with E-state index in [9.17, 15) is 9.59 Å². The Morgan fingerprint density at radius 1 is 1.43 bits per heavy atom. The predicted molar refractivity (Wildman–Crippen MR) is 85.5 cm³/mol. The third-order valence-electron chi connectivity index (χ3n) is 4.26. The summed E-state index contributed by atoms with van der Waals surface area (Å²) in [5.74, 6) is -0.0931. The average Bonchev–Trinajstić information content (AvgIpc) is 2.88. The van der Waals surface area contributed by atoms with Crippen molar-refractivity contribution in [2.75, 3.05) is 0 Å². The van der Waals surface area contributed by atoms with Crippen LogP contribution in [-0.4, -0.2) is 28.3 Å². The Bertz CT molecular complexity index is 560. The van der Waals surface area contributed by atoms with Gasteiger partial charge in [-0.3, -0.25) is 9.59 Å². The van der Waals surface area contributed by atoms with Gasteiger partial charge in [0, 0.05) is 4.88 Å². The second-order valence-electron chi connectivity index (χ2n) is 5.63. The molecule has 2 heterocycles. The summed E-state index contributed by atoms with van der Waals surface area (Å²) in [4.78, 5) is 28.0. The summed E-state index contributed by atoms with van der Waals surface area (Å²) in [6.07, 6.45) is 1.17. The van der Waals surface area contributed by atoms with E-state index in [1.807, 2.05) is 32.9 Å². The van der Waals surface area contributed by atoms with Crippen molar-refractivity contribution < 1.29 is 9.59 Å². The topological polar surface area (TPSA) is 49.4 Å². The van der Waals surface area contributed by atoms with Crippen molar-refractivity contribution in [2.45, 2.75) is 58.2 Å². The number of carbonyl (C=O) groups excluding carboxylic acids is 2. The molecule has 1 aromatic rings. The van der Waals surface area contributed by atoms with E-state index in [0.29, 0.717) is 17.2 Å². The second kappa shape index (κ2) is 5.97. The Balaban J connectivity index is 2.40. The van der Waals surface area contributed by atoms with Gasteiger partial charge in [-0.05, 0) is 38.8 Å². The smallest absolute Gasteiger partial charge is 0.249 e. The van der Waals surface area contributed by atoms with Crippen LogP contribution in [0, 0.1) is 0 Å². The normalized spacial score (nSPS) is 27.7. The van der Waals surface area contributed by atoms with Gasteiger partial charge in [-0.15, -0.1) is 11.3 Å². The lowest BCUT2D eigenvalue weighted by Gasteiger charge is -2.46. The SMILES string of the molecule is CCC1C(=O)NC(C)(CC)C(=O)N1C(C)c1ccc(Cl)s1. The minimum Gasteiger partial charge on any atom is -0.340 e. The number of halogens is 1. The summed E-state index contributed by atoms with van der Waals surface area (Å²) in [7, 11) is 0. The molecule has 0 spiro atoms. The van der Waals surface area contributed by atoms with Crippen molar-refractivity contribution in [3.8, 4) is 0 Å². The first-order valence-electron chi connectivity index (χ1n) is 7.24. The molecule has 1 N–H and O–H groups in total. The Hall–Kier alpha value is -1.07. The van der Waals surface area contributed by atoms with Gasteiger partial charge in [0.05, 0.1) is 10.4 Å². The lowest BCUT2D eigenvalue weighted by molar-refractivity contribution is -0.157. The molecule has 21 heavy (non-hydrogen) atoms. The van der Waals surface area contributed by atoms with E-state index in [1.165, 1.54) is 11.3 Å². The third-order valence-corrected chi connectivity index (χ3v) is 5.66. The summed E-state index contributed by atoms with van der Waals surface area (Å²) in [6.45, 7) is 7.58. The molecule has 0 aliphatic carbocycles. The fraction of sp³-hybridized carbons (Fsp3) is 0.600. The number of rotatable bonds is 4. The fourth-order valence-corrected chi connectivity index (χ4v) is 3.83. The molecule has 116 valence electrons. The van der Waals surface area contributed by atoms with Crippen LogP contribution in [0.2, 0.25) is 4.34 Å². The molecule has 0 radical (unpaired) electrons. The van der Waals surface area contributed by atoms with Crippen LogP contribution in [-0.2, 0) is 9.59 Å². The van der Waals surface area contributed by atoms with Gasteiger partial charge in [-0.25, -0.2) is 0 Å². The van der Waals surface area contributed by atoms with Crippen LogP contribution < -0.4 is 5.32 Å². The molecule has 3 unspecified atom stereocenters. The molecule has 0 aromatic carbocycles. The van der Waals surface area contributed by atoms with Crippen molar-refractivity contribution in [3.63, 3.8) is 0 Å². The van der Waals surface area contributed by atoms with Crippen LogP contribution in [0.15, 0.2) is 12.1 Å². The lowest BCUT2D eigenvalue weighted by atomic mass is 9.90. The highest BCUT2D eigenvalue weighted by atomic mass is 35.5. The number of nitrogens with one attached hydrogen (secondary N) is 1. The van der Waals surface area contributed by atoms with Gasteiger partial charge in [-0.2, -0.15) is 0 Å². The molecule has 1 saturated heterocycles. The molecule has 6 heteroatoms. The second-order valence-corrected chi connectivity index (χ2v) is 7.38. The molecule has 4 nitrogen and oxygen atoms in total. The Morgan fingerprint density at radius 2 is 2.10 bits per heavy atom. The first-order valence-corrected chi connectivity index (χ1v) is 8.43. The molecule has 1 fully saturated rings. The number of carbonyl (C=O) groups is 2. The summed E-state index contributed by atoms with van der Waals surface area (Å²) in [5.41, 5.74) is -0.821. The van der Waals surface area contributed by atoms with Crippen molar-refractivity contribution in [1.82, 2.24) is 10.2 Å². The van der Waals surface area contributed by atoms with Gasteiger partial charge in [0.15, 0.2) is 0 Å². The summed E-state index contributed by atoms with van der Waals surface area (Å²) >= 11 is 7.45. The van der Waals surface area contributed by atoms with Gasteiger partial charge < -0.3 is 10.2 Å². The minimum atomic E-state index is -0.821. The summed E-state index contributed by atoms with van der Waals surface area (Å²) in [6, 6.07) is 3.17. The maximum atomic E-state index is 12.9. The minimum absolute atomic E-state index is 0.0199. The predicted octanol–water partition coefficient (Wildman–Crippen LogP) is 3.37. The van der Waals surface area contributed by atoms with Crippen LogP contribution in [0.3, 0.4) is 0 Å². The zero-order valence-corrected chi connectivity index (χ0v) is 14.3. The maximum absolute atomic E-state index is 12.9. The number of piperazine rings is 1. The average molecular weight is 329 g/mol. The maximum Gasteiger partial charge on any atom is 0.249 e. The van der Waals surface area contributed by atoms with E-state index in [2.05, 4.69) is 5.32 Å². The van der Waals surface area contributed by atoms with E-state index in [0.717, 1.165) is 4.88 Å². The largest absolute Gasteiger partial charge is 0.340 e. The molecular formula is C15H21ClN2O2S. The van der Waals surface area contributed by atoms with Gasteiger partial charge in [0.25, 0.3) is 0 Å². The van der Waals surface area contributed by atoms with Crippen molar-refractivity contribution in [2.24, 2.45) is 0 Å². The van der Waals surface area contributed by atoms with Gasteiger partial charge >= 0.3 is 0 Å². The summed E-state index contributed by atoms with van der Waals surface area (Å²) in [5, 5.41) is 2.88. The highest BCUT2D eigenvalue weighted by Gasteiger charge is 2.48. The van der Waals surface area contributed by atoms with E-state index >= 15 is 0 Å². The molecule has 1 aliphatic heterocycles. The van der Waals surface area contributed by atoms with Gasteiger partial charge in [0.1, 0.15) is 11.6 Å². The van der Waals surface area contributed by atoms with E-state index in [-0.39, 0.29) is 17.9 Å². The zero-order chi connectivity index (χ0) is 15.8. The first kappa shape index (κ1) is 16.3. The van der Waals surface area contributed by atoms with Crippen molar-refractivity contribution in [3.05, 3.63) is 21.3 Å². The van der Waals surface area contributed by atoms with Gasteiger partial charge in [-0.1, -0.05) is 25.4 Å². The molecule has 1 aromatic heterocycles. The summed E-state index contributed by atoms with van der Waals surface area (Å²) < 4.78 is 0.692. The number of amides is 2. The Kier molecular flexibility index (Phi) is 4.63. The number of thiophene rings is 1. The molecule has 2 rings (SSSR count). The van der Waals surface area contributed by atoms with Crippen LogP contribution >= 0.6 is 22.9 Å². The first-order chi connectivity index (χ1) is 9.84. The van der Waals surface area contributed by atoms with Crippen LogP contribution in [0.1, 0.15) is 51.5 Å². The Labute approximate surface area is 134 Å². The number of nitrogens with zero attached hydrogens (tertiary/aromatic N) is 1. The molecule has 1 aliphatic rings. The Morgan fingerprint density at radius 3 is 2.57 bits per heavy atom. The number of hydrogen-bond acceptors (Lipinski definition) is 3. The molecule has 3 atom stereocenters. The third kappa shape index (κ3) is 2.81. The van der Waals surface area contributed by atoms with Crippen LogP contribution in [0.5, 0.6) is 0 Å². The molecule has 0 bridgehead atoms. The van der Waals surface area contributed by atoms with Gasteiger partial charge in [0.2, 0.25) is 11.8 Å². The monoisotopic (exact) mass is 328 g/mol. The highest BCUT2D eigenvalue weighted by Crippen LogP contribution is 2.35. The van der Waals surface area contributed by atoms with E-state index in [1.54, 1.807) is 11.8 Å². The molecular weight excluding hydrogens is 308 g/mol. The zero-order valence-electron chi connectivity index (χ0n) is 12.8. The van der Waals surface area contributed by atoms with Crippen LogP contribution in [0.25, 0.3) is 0 Å².